The molecule has 4 atom stereocenters. The highest BCUT2D eigenvalue weighted by molar-refractivity contribution is 6.09. The van der Waals surface area contributed by atoms with Gasteiger partial charge in [0.1, 0.15) is 0 Å². The minimum absolute atomic E-state index is 0.0127. The van der Waals surface area contributed by atoms with Gasteiger partial charge in [0.25, 0.3) is 5.69 Å². The molecule has 1 saturated heterocycles. The van der Waals surface area contributed by atoms with Crippen molar-refractivity contribution in [2.45, 2.75) is 64.1 Å². The Balaban J connectivity index is 1.67. The number of ether oxygens (including phenoxy) is 2. The summed E-state index contributed by atoms with van der Waals surface area (Å²) in [4.78, 5) is 54.4. The van der Waals surface area contributed by atoms with Crippen molar-refractivity contribution < 1.29 is 28.8 Å². The fourth-order valence-electron chi connectivity index (χ4n) is 7.14. The molecule has 1 spiro atoms. The number of Topliss-reactive ketones (excluding diaryl/α,β-unsaturated/α-hetero) is 1. The van der Waals surface area contributed by atoms with E-state index >= 15 is 0 Å². The van der Waals surface area contributed by atoms with Gasteiger partial charge >= 0.3 is 11.9 Å². The van der Waals surface area contributed by atoms with E-state index in [-0.39, 0.29) is 55.5 Å². The van der Waals surface area contributed by atoms with Gasteiger partial charge in [0.15, 0.2) is 11.2 Å². The largest absolute Gasteiger partial charge is 0.465 e. The number of fused-ring (bicyclic) bond motifs is 3. The van der Waals surface area contributed by atoms with E-state index in [0.717, 1.165) is 11.1 Å². The number of rotatable bonds is 7. The number of carbonyl (C=O) groups excluding carboxylic acids is 3. The summed E-state index contributed by atoms with van der Waals surface area (Å²) < 4.78 is 10.8. The van der Waals surface area contributed by atoms with Crippen LogP contribution in [0.25, 0.3) is 0 Å². The lowest BCUT2D eigenvalue weighted by Gasteiger charge is -2.54. The molecule has 2 fully saturated rings. The van der Waals surface area contributed by atoms with Crippen molar-refractivity contribution in [3.63, 3.8) is 0 Å². The van der Waals surface area contributed by atoms with Crippen LogP contribution in [-0.4, -0.2) is 46.3 Å². The Bertz CT molecular complexity index is 1270. The minimum atomic E-state index is -1.59. The van der Waals surface area contributed by atoms with Crippen LogP contribution < -0.4 is 0 Å². The first kappa shape index (κ1) is 26.0. The molecule has 2 aromatic rings. The average Bonchev–Trinajstić information content (AvgIpc) is 3.22. The lowest BCUT2D eigenvalue weighted by molar-refractivity contribution is -0.384. The number of benzene rings is 2. The summed E-state index contributed by atoms with van der Waals surface area (Å²) in [5.74, 6) is -1.48. The van der Waals surface area contributed by atoms with E-state index in [9.17, 15) is 24.5 Å². The highest BCUT2D eigenvalue weighted by Gasteiger charge is 2.70. The Labute approximate surface area is 221 Å². The molecular weight excluding hydrogens is 488 g/mol. The van der Waals surface area contributed by atoms with Crippen LogP contribution in [0, 0.1) is 21.4 Å². The van der Waals surface area contributed by atoms with E-state index in [1.807, 2.05) is 31.2 Å². The van der Waals surface area contributed by atoms with E-state index in [2.05, 4.69) is 4.90 Å². The standard InChI is InChI=1S/C29H32N2O7/c1-4-37-26(33)28(27(34)38-5-2)15-14-20-16-24-22-8-6-7-9-23(22)25(32)29(20,17-28)30(24)18(3)19-10-12-21(13-11-19)31(35)36/h6-13,18,20,24H,4-5,14-17H2,1-3H3/t18-,20+,24-,29+/m0/s1. The van der Waals surface area contributed by atoms with Crippen molar-refractivity contribution >= 4 is 23.4 Å². The van der Waals surface area contributed by atoms with Crippen LogP contribution in [0.15, 0.2) is 48.5 Å². The summed E-state index contributed by atoms with van der Waals surface area (Å²) in [6.07, 6.45) is 1.44. The molecule has 2 aromatic carbocycles. The van der Waals surface area contributed by atoms with Crippen LogP contribution in [0.3, 0.4) is 0 Å². The third-order valence-electron chi connectivity index (χ3n) is 8.76. The van der Waals surface area contributed by atoms with Crippen LogP contribution >= 0.6 is 0 Å². The predicted molar refractivity (Wildman–Crippen MR) is 137 cm³/mol. The fraction of sp³-hybridized carbons (Fsp3) is 0.483. The molecule has 38 heavy (non-hydrogen) atoms. The number of hydrogen-bond acceptors (Lipinski definition) is 8. The number of ketones is 1. The number of esters is 2. The van der Waals surface area contributed by atoms with E-state index < -0.39 is 27.8 Å². The lowest BCUT2D eigenvalue weighted by Crippen LogP contribution is -2.64. The van der Waals surface area contributed by atoms with Crippen LogP contribution in [-0.2, 0) is 19.1 Å². The molecule has 1 saturated carbocycles. The lowest BCUT2D eigenvalue weighted by atomic mass is 9.59. The summed E-state index contributed by atoms with van der Waals surface area (Å²) >= 11 is 0. The zero-order valence-electron chi connectivity index (χ0n) is 21.8. The van der Waals surface area contributed by atoms with Gasteiger partial charge in [0.2, 0.25) is 0 Å². The SMILES string of the molecule is CCOC(=O)C1(C(=O)OCC)CC[C@@H]2C[C@H]3c4ccccc4C(=O)[C@]2(C1)N3[C@@H](C)c1ccc([N+](=O)[O-])cc1. The number of hydrogen-bond donors (Lipinski definition) is 0. The summed E-state index contributed by atoms with van der Waals surface area (Å²) in [5, 5.41) is 11.2. The van der Waals surface area contributed by atoms with E-state index in [0.29, 0.717) is 18.4 Å². The molecule has 2 bridgehead atoms. The summed E-state index contributed by atoms with van der Waals surface area (Å²) in [5.41, 5.74) is -0.359. The second-order valence-corrected chi connectivity index (χ2v) is 10.5. The normalized spacial score (nSPS) is 26.1. The fourth-order valence-corrected chi connectivity index (χ4v) is 7.14. The van der Waals surface area contributed by atoms with Crippen molar-refractivity contribution in [1.29, 1.82) is 0 Å². The van der Waals surface area contributed by atoms with Gasteiger partial charge in [0.05, 0.1) is 23.7 Å². The summed E-state index contributed by atoms with van der Waals surface area (Å²) in [6, 6.07) is 13.5. The van der Waals surface area contributed by atoms with E-state index in [1.165, 1.54) is 12.1 Å². The van der Waals surface area contributed by atoms with Crippen LogP contribution in [0.2, 0.25) is 0 Å². The van der Waals surface area contributed by atoms with Crippen LogP contribution in [0.4, 0.5) is 5.69 Å². The van der Waals surface area contributed by atoms with Crippen LogP contribution in [0.5, 0.6) is 0 Å². The number of nitro benzene ring substituents is 1. The molecule has 3 aliphatic rings. The van der Waals surface area contributed by atoms with Crippen molar-refractivity contribution in [2.75, 3.05) is 13.2 Å². The molecule has 9 nitrogen and oxygen atoms in total. The van der Waals surface area contributed by atoms with Gasteiger partial charge in [-0.05, 0) is 57.1 Å². The third kappa shape index (κ3) is 3.66. The van der Waals surface area contributed by atoms with Gasteiger partial charge in [0, 0.05) is 36.2 Å². The van der Waals surface area contributed by atoms with Gasteiger partial charge in [-0.15, -0.1) is 0 Å². The molecule has 0 aromatic heterocycles. The van der Waals surface area contributed by atoms with Gasteiger partial charge in [-0.2, -0.15) is 0 Å². The number of non-ortho nitro benzene ring substituents is 1. The van der Waals surface area contributed by atoms with Gasteiger partial charge < -0.3 is 9.47 Å². The van der Waals surface area contributed by atoms with Crippen molar-refractivity contribution in [1.82, 2.24) is 4.90 Å². The predicted octanol–water partition coefficient (Wildman–Crippen LogP) is 4.95. The van der Waals surface area contributed by atoms with Gasteiger partial charge in [-0.1, -0.05) is 36.4 Å². The molecule has 0 unspecified atom stereocenters. The maximum absolute atomic E-state index is 14.5. The summed E-state index contributed by atoms with van der Waals surface area (Å²) in [7, 11) is 0. The molecule has 0 amide bonds. The topological polar surface area (TPSA) is 116 Å². The smallest absolute Gasteiger partial charge is 0.323 e. The first-order valence-electron chi connectivity index (χ1n) is 13.2. The van der Waals surface area contributed by atoms with Crippen molar-refractivity contribution in [3.8, 4) is 0 Å². The van der Waals surface area contributed by atoms with Crippen molar-refractivity contribution in [3.05, 3.63) is 75.3 Å². The first-order valence-corrected chi connectivity index (χ1v) is 13.2. The molecule has 5 rings (SSSR count). The Morgan fingerprint density at radius 1 is 1.08 bits per heavy atom. The Kier molecular flexibility index (Phi) is 6.59. The molecule has 1 aliphatic carbocycles. The third-order valence-corrected chi connectivity index (χ3v) is 8.76. The Morgan fingerprint density at radius 2 is 1.71 bits per heavy atom. The zero-order valence-corrected chi connectivity index (χ0v) is 21.8. The number of nitro groups is 1. The maximum Gasteiger partial charge on any atom is 0.323 e. The van der Waals surface area contributed by atoms with Gasteiger partial charge in [-0.25, -0.2) is 0 Å². The first-order chi connectivity index (χ1) is 18.2. The number of carbonyl (C=O) groups is 3. The highest BCUT2D eigenvalue weighted by atomic mass is 16.6. The molecule has 0 radical (unpaired) electrons. The van der Waals surface area contributed by atoms with E-state index in [1.54, 1.807) is 26.0 Å². The van der Waals surface area contributed by atoms with Crippen LogP contribution in [0.1, 0.15) is 80.0 Å². The zero-order chi connectivity index (χ0) is 27.2. The summed E-state index contributed by atoms with van der Waals surface area (Å²) in [6.45, 7) is 5.58. The van der Waals surface area contributed by atoms with Gasteiger partial charge in [-0.3, -0.25) is 29.4 Å². The second kappa shape index (κ2) is 9.62. The van der Waals surface area contributed by atoms with Crippen molar-refractivity contribution in [2.24, 2.45) is 11.3 Å². The Morgan fingerprint density at radius 3 is 2.32 bits per heavy atom. The minimum Gasteiger partial charge on any atom is -0.465 e. The number of nitrogens with zero attached hydrogens (tertiary/aromatic N) is 2. The molecule has 9 heteroatoms. The Hall–Kier alpha value is -3.59. The molecule has 200 valence electrons. The molecule has 0 N–H and O–H groups in total. The average molecular weight is 521 g/mol. The highest BCUT2D eigenvalue weighted by Crippen LogP contribution is 2.64. The monoisotopic (exact) mass is 520 g/mol. The molecule has 2 aliphatic heterocycles. The van der Waals surface area contributed by atoms with E-state index in [4.69, 9.17) is 9.47 Å². The molecular formula is C29H32N2O7. The quantitative estimate of drug-likeness (QED) is 0.218. The second-order valence-electron chi connectivity index (χ2n) is 10.5. The maximum atomic E-state index is 14.5. The molecule has 2 heterocycles.